The molecule has 0 radical (unpaired) electrons. The molecular weight excluding hydrogens is 206 g/mol. The Kier molecular flexibility index (Phi) is 5.05. The van der Waals surface area contributed by atoms with Gasteiger partial charge in [-0.3, -0.25) is 10.1 Å². The third-order valence-electron chi connectivity index (χ3n) is 2.74. The van der Waals surface area contributed by atoms with Crippen molar-refractivity contribution in [2.75, 3.05) is 7.11 Å². The Morgan fingerprint density at radius 2 is 2.38 bits per heavy atom. The van der Waals surface area contributed by atoms with Crippen LogP contribution in [0, 0.1) is 5.92 Å². The number of ether oxygens (including phenoxy) is 1. The number of carbonyl (C=O) groups is 1. The highest BCUT2D eigenvalue weighted by molar-refractivity contribution is 5.75. The summed E-state index contributed by atoms with van der Waals surface area (Å²) in [5.41, 5.74) is 0. The second-order valence-electron chi connectivity index (χ2n) is 3.85. The van der Waals surface area contributed by atoms with Crippen molar-refractivity contribution in [2.45, 2.75) is 32.9 Å². The maximum atomic E-state index is 11.6. The Morgan fingerprint density at radius 1 is 1.62 bits per heavy atom. The lowest BCUT2D eigenvalue weighted by Gasteiger charge is -2.21. The monoisotopic (exact) mass is 225 g/mol. The van der Waals surface area contributed by atoms with Crippen LogP contribution in [0.15, 0.2) is 22.8 Å². The fraction of sp³-hybridized carbons (Fsp3) is 0.583. The third-order valence-corrected chi connectivity index (χ3v) is 2.74. The summed E-state index contributed by atoms with van der Waals surface area (Å²) in [6, 6.07) is 3.42. The molecule has 16 heavy (non-hydrogen) atoms. The molecule has 1 N–H and O–H groups in total. The van der Waals surface area contributed by atoms with Gasteiger partial charge in [-0.05, 0) is 18.1 Å². The maximum absolute atomic E-state index is 11.6. The SMILES string of the molecule is CC[C@H](C)[C@H](NCc1ccco1)C(=O)OC. The Balaban J connectivity index is 2.53. The predicted octanol–water partition coefficient (Wildman–Crippen LogP) is 1.96. The van der Waals surface area contributed by atoms with E-state index in [-0.39, 0.29) is 17.9 Å². The highest BCUT2D eigenvalue weighted by Crippen LogP contribution is 2.10. The molecule has 0 saturated carbocycles. The van der Waals surface area contributed by atoms with Crippen LogP contribution >= 0.6 is 0 Å². The fourth-order valence-electron chi connectivity index (χ4n) is 1.50. The van der Waals surface area contributed by atoms with Crippen molar-refractivity contribution >= 4 is 5.97 Å². The van der Waals surface area contributed by atoms with E-state index in [4.69, 9.17) is 9.15 Å². The number of carbonyl (C=O) groups excluding carboxylic acids is 1. The quantitative estimate of drug-likeness (QED) is 0.752. The zero-order valence-electron chi connectivity index (χ0n) is 10.0. The van der Waals surface area contributed by atoms with Crippen LogP contribution in [0.1, 0.15) is 26.0 Å². The standard InChI is InChI=1S/C12H19NO3/c1-4-9(2)11(12(14)15-3)13-8-10-6-5-7-16-10/h5-7,9,11,13H,4,8H2,1-3H3/t9-,11-/m0/s1. The molecule has 1 heterocycles. The molecule has 4 heteroatoms. The Bertz CT molecular complexity index is 308. The van der Waals surface area contributed by atoms with Crippen molar-refractivity contribution in [3.8, 4) is 0 Å². The Hall–Kier alpha value is -1.29. The van der Waals surface area contributed by atoms with Gasteiger partial charge in [0.2, 0.25) is 0 Å². The topological polar surface area (TPSA) is 51.5 Å². The first-order valence-corrected chi connectivity index (χ1v) is 5.52. The van der Waals surface area contributed by atoms with Crippen LogP contribution in [-0.4, -0.2) is 19.1 Å². The minimum Gasteiger partial charge on any atom is -0.468 e. The Morgan fingerprint density at radius 3 is 2.88 bits per heavy atom. The number of nitrogens with one attached hydrogen (secondary N) is 1. The summed E-state index contributed by atoms with van der Waals surface area (Å²) in [6.07, 6.45) is 2.54. The number of esters is 1. The second kappa shape index (κ2) is 6.33. The van der Waals surface area contributed by atoms with Crippen molar-refractivity contribution in [1.82, 2.24) is 5.32 Å². The molecule has 0 spiro atoms. The van der Waals surface area contributed by atoms with Gasteiger partial charge >= 0.3 is 5.97 Å². The molecule has 0 aliphatic heterocycles. The lowest BCUT2D eigenvalue weighted by Crippen LogP contribution is -2.42. The summed E-state index contributed by atoms with van der Waals surface area (Å²) in [5, 5.41) is 3.16. The second-order valence-corrected chi connectivity index (χ2v) is 3.85. The van der Waals surface area contributed by atoms with E-state index in [0.29, 0.717) is 6.54 Å². The number of hydrogen-bond acceptors (Lipinski definition) is 4. The molecule has 1 aromatic rings. The van der Waals surface area contributed by atoms with Gasteiger partial charge in [-0.15, -0.1) is 0 Å². The summed E-state index contributed by atoms with van der Waals surface area (Å²) in [7, 11) is 1.41. The van der Waals surface area contributed by atoms with E-state index in [0.717, 1.165) is 12.2 Å². The molecular formula is C12H19NO3. The van der Waals surface area contributed by atoms with E-state index in [1.54, 1.807) is 6.26 Å². The normalized spacial score (nSPS) is 14.4. The van der Waals surface area contributed by atoms with Crippen LogP contribution in [0.3, 0.4) is 0 Å². The van der Waals surface area contributed by atoms with E-state index in [2.05, 4.69) is 12.2 Å². The lowest BCUT2D eigenvalue weighted by molar-refractivity contribution is -0.144. The first-order chi connectivity index (χ1) is 7.69. The van der Waals surface area contributed by atoms with Gasteiger partial charge in [-0.2, -0.15) is 0 Å². The number of hydrogen-bond donors (Lipinski definition) is 1. The smallest absolute Gasteiger partial charge is 0.323 e. The lowest BCUT2D eigenvalue weighted by atomic mass is 9.99. The van der Waals surface area contributed by atoms with Crippen LogP contribution in [0.2, 0.25) is 0 Å². The molecule has 0 aliphatic carbocycles. The molecule has 4 nitrogen and oxygen atoms in total. The largest absolute Gasteiger partial charge is 0.468 e. The number of methoxy groups -OCH3 is 1. The van der Waals surface area contributed by atoms with Gasteiger partial charge in [-0.1, -0.05) is 20.3 Å². The zero-order chi connectivity index (χ0) is 12.0. The molecule has 1 aromatic heterocycles. The molecule has 0 unspecified atom stereocenters. The van der Waals surface area contributed by atoms with Crippen LogP contribution in [0.4, 0.5) is 0 Å². The van der Waals surface area contributed by atoms with Crippen LogP contribution < -0.4 is 5.32 Å². The van der Waals surface area contributed by atoms with Crippen LogP contribution in [0.25, 0.3) is 0 Å². The summed E-state index contributed by atoms with van der Waals surface area (Å²) in [4.78, 5) is 11.6. The van der Waals surface area contributed by atoms with Gasteiger partial charge < -0.3 is 9.15 Å². The third kappa shape index (κ3) is 3.38. The fourth-order valence-corrected chi connectivity index (χ4v) is 1.50. The van der Waals surface area contributed by atoms with Gasteiger partial charge in [0.1, 0.15) is 11.8 Å². The van der Waals surface area contributed by atoms with Crippen molar-refractivity contribution in [2.24, 2.45) is 5.92 Å². The van der Waals surface area contributed by atoms with E-state index in [1.807, 2.05) is 19.1 Å². The van der Waals surface area contributed by atoms with Gasteiger partial charge in [0.15, 0.2) is 0 Å². The van der Waals surface area contributed by atoms with Gasteiger partial charge in [-0.25, -0.2) is 0 Å². The van der Waals surface area contributed by atoms with E-state index in [1.165, 1.54) is 7.11 Å². The van der Waals surface area contributed by atoms with Crippen molar-refractivity contribution in [1.29, 1.82) is 0 Å². The molecule has 0 aliphatic rings. The molecule has 90 valence electrons. The van der Waals surface area contributed by atoms with Gasteiger partial charge in [0.05, 0.1) is 19.9 Å². The average molecular weight is 225 g/mol. The van der Waals surface area contributed by atoms with Crippen molar-refractivity contribution in [3.63, 3.8) is 0 Å². The van der Waals surface area contributed by atoms with E-state index >= 15 is 0 Å². The predicted molar refractivity (Wildman–Crippen MR) is 60.8 cm³/mol. The minimum atomic E-state index is -0.278. The van der Waals surface area contributed by atoms with E-state index in [9.17, 15) is 4.79 Å². The van der Waals surface area contributed by atoms with Gasteiger partial charge in [0.25, 0.3) is 0 Å². The summed E-state index contributed by atoms with van der Waals surface area (Å²) < 4.78 is 9.97. The summed E-state index contributed by atoms with van der Waals surface area (Å²) >= 11 is 0. The van der Waals surface area contributed by atoms with Crippen molar-refractivity contribution in [3.05, 3.63) is 24.2 Å². The molecule has 0 bridgehead atoms. The van der Waals surface area contributed by atoms with Crippen LogP contribution in [-0.2, 0) is 16.1 Å². The molecule has 0 saturated heterocycles. The summed E-state index contributed by atoms with van der Waals surface area (Å²) in [5.74, 6) is 0.834. The highest BCUT2D eigenvalue weighted by Gasteiger charge is 2.24. The summed E-state index contributed by atoms with van der Waals surface area (Å²) in [6.45, 7) is 4.61. The van der Waals surface area contributed by atoms with Crippen LogP contribution in [0.5, 0.6) is 0 Å². The molecule has 0 fully saturated rings. The van der Waals surface area contributed by atoms with Gasteiger partial charge in [0, 0.05) is 0 Å². The molecule has 1 rings (SSSR count). The average Bonchev–Trinajstić information content (AvgIpc) is 2.81. The number of rotatable bonds is 6. The van der Waals surface area contributed by atoms with E-state index < -0.39 is 0 Å². The van der Waals surface area contributed by atoms with Crippen molar-refractivity contribution < 1.29 is 13.9 Å². The Labute approximate surface area is 96.0 Å². The molecule has 0 amide bonds. The number of furan rings is 1. The molecule has 2 atom stereocenters. The maximum Gasteiger partial charge on any atom is 0.323 e. The first-order valence-electron chi connectivity index (χ1n) is 5.52. The first kappa shape index (κ1) is 12.8. The highest BCUT2D eigenvalue weighted by atomic mass is 16.5. The zero-order valence-corrected chi connectivity index (χ0v) is 10.0. The minimum absolute atomic E-state index is 0.221. The molecule has 0 aromatic carbocycles.